The van der Waals surface area contributed by atoms with Gasteiger partial charge in [-0.05, 0) is 13.8 Å². The van der Waals surface area contributed by atoms with E-state index in [4.69, 9.17) is 0 Å². The molecule has 1 amide bonds. The predicted molar refractivity (Wildman–Crippen MR) is 87.7 cm³/mol. The summed E-state index contributed by atoms with van der Waals surface area (Å²) in [6.07, 6.45) is 3.17. The quantitative estimate of drug-likeness (QED) is 0.789. The molecule has 4 rings (SSSR count). The van der Waals surface area contributed by atoms with E-state index in [2.05, 4.69) is 31.2 Å². The molecule has 0 aromatic carbocycles. The second-order valence-corrected chi connectivity index (χ2v) is 6.75. The Morgan fingerprint density at radius 1 is 1.32 bits per heavy atom. The summed E-state index contributed by atoms with van der Waals surface area (Å²) in [5, 5.41) is 17.2. The molecule has 2 fully saturated rings. The molecule has 0 atom stereocenters. The molecular weight excluding hydrogens is 320 g/mol. The van der Waals surface area contributed by atoms with Gasteiger partial charge in [0.25, 0.3) is 5.91 Å². The highest BCUT2D eigenvalue weighted by Crippen LogP contribution is 2.42. The first-order valence-electron chi connectivity index (χ1n) is 8.21. The van der Waals surface area contributed by atoms with E-state index in [1.807, 2.05) is 13.8 Å². The van der Waals surface area contributed by atoms with Gasteiger partial charge in [-0.2, -0.15) is 5.26 Å². The highest BCUT2D eigenvalue weighted by atomic mass is 16.2. The lowest BCUT2D eigenvalue weighted by molar-refractivity contribution is -0.0111. The summed E-state index contributed by atoms with van der Waals surface area (Å²) in [5.41, 5.74) is 1.71. The molecule has 0 aliphatic carbocycles. The van der Waals surface area contributed by atoms with Crippen molar-refractivity contribution in [3.05, 3.63) is 29.5 Å². The Hall–Kier alpha value is -3.02. The predicted octanol–water partition coefficient (Wildman–Crippen LogP) is 0.230. The van der Waals surface area contributed by atoms with Gasteiger partial charge in [-0.25, -0.2) is 9.97 Å². The van der Waals surface area contributed by atoms with Gasteiger partial charge in [-0.3, -0.25) is 9.48 Å². The van der Waals surface area contributed by atoms with E-state index in [0.29, 0.717) is 42.4 Å². The summed E-state index contributed by atoms with van der Waals surface area (Å²) >= 11 is 0. The Labute approximate surface area is 144 Å². The minimum atomic E-state index is -0.0700. The third-order valence-electron chi connectivity index (χ3n) is 4.90. The topological polar surface area (TPSA) is 104 Å². The van der Waals surface area contributed by atoms with Gasteiger partial charge in [0.2, 0.25) is 0 Å². The van der Waals surface area contributed by atoms with Crippen molar-refractivity contribution in [2.24, 2.45) is 5.41 Å². The molecule has 9 heteroatoms. The van der Waals surface area contributed by atoms with Crippen molar-refractivity contribution in [1.82, 2.24) is 29.9 Å². The fourth-order valence-corrected chi connectivity index (χ4v) is 3.56. The van der Waals surface area contributed by atoms with Crippen molar-refractivity contribution < 1.29 is 4.79 Å². The van der Waals surface area contributed by atoms with Crippen molar-refractivity contribution in [2.45, 2.75) is 20.4 Å². The first-order valence-corrected chi connectivity index (χ1v) is 8.21. The maximum Gasteiger partial charge on any atom is 0.276 e. The number of nitrogens with zero attached hydrogens (tertiary/aromatic N) is 8. The number of rotatable bonds is 3. The molecule has 128 valence electrons. The van der Waals surface area contributed by atoms with E-state index in [1.54, 1.807) is 15.8 Å². The Balaban J connectivity index is 1.39. The highest BCUT2D eigenvalue weighted by Gasteiger charge is 2.54. The first-order chi connectivity index (χ1) is 12.0. The van der Waals surface area contributed by atoms with Gasteiger partial charge in [0.1, 0.15) is 23.8 Å². The maximum absolute atomic E-state index is 12.4. The van der Waals surface area contributed by atoms with Gasteiger partial charge >= 0.3 is 0 Å². The minimum Gasteiger partial charge on any atom is -0.354 e. The van der Waals surface area contributed by atoms with Gasteiger partial charge in [0.05, 0.1) is 11.9 Å². The van der Waals surface area contributed by atoms with Crippen LogP contribution in [0.25, 0.3) is 0 Å². The van der Waals surface area contributed by atoms with Crippen LogP contribution in [-0.2, 0) is 6.54 Å². The monoisotopic (exact) mass is 338 g/mol. The van der Waals surface area contributed by atoms with Crippen molar-refractivity contribution in [1.29, 1.82) is 5.26 Å². The molecule has 2 aromatic rings. The third-order valence-corrected chi connectivity index (χ3v) is 4.90. The average Bonchev–Trinajstić information content (AvgIpc) is 3.01. The van der Waals surface area contributed by atoms with Gasteiger partial charge in [0.15, 0.2) is 5.69 Å². The van der Waals surface area contributed by atoms with Crippen LogP contribution in [-0.4, -0.2) is 61.9 Å². The van der Waals surface area contributed by atoms with Gasteiger partial charge in [0, 0.05) is 38.1 Å². The highest BCUT2D eigenvalue weighted by molar-refractivity contribution is 5.92. The van der Waals surface area contributed by atoms with Crippen LogP contribution in [0.4, 0.5) is 5.82 Å². The fraction of sp³-hybridized carbons (Fsp3) is 0.500. The normalized spacial score (nSPS) is 17.8. The Kier molecular flexibility index (Phi) is 3.42. The molecule has 2 aliphatic heterocycles. The van der Waals surface area contributed by atoms with Gasteiger partial charge in [-0.15, -0.1) is 5.10 Å². The zero-order chi connectivity index (χ0) is 17.6. The van der Waals surface area contributed by atoms with Crippen LogP contribution in [0.3, 0.4) is 0 Å². The molecule has 9 nitrogen and oxygen atoms in total. The Bertz CT molecular complexity index is 869. The van der Waals surface area contributed by atoms with Gasteiger partial charge in [-0.1, -0.05) is 5.21 Å². The van der Waals surface area contributed by atoms with E-state index in [1.165, 1.54) is 6.33 Å². The zero-order valence-corrected chi connectivity index (χ0v) is 14.2. The number of carbonyl (C=O) groups is 1. The summed E-state index contributed by atoms with van der Waals surface area (Å²) in [6, 6.07) is 2.18. The molecule has 2 aromatic heterocycles. The Morgan fingerprint density at radius 3 is 2.72 bits per heavy atom. The first kappa shape index (κ1) is 15.5. The van der Waals surface area contributed by atoms with E-state index < -0.39 is 0 Å². The van der Waals surface area contributed by atoms with E-state index in [9.17, 15) is 10.1 Å². The molecule has 0 saturated carbocycles. The van der Waals surface area contributed by atoms with E-state index in [-0.39, 0.29) is 11.3 Å². The number of nitriles is 1. The number of hydrogen-bond donors (Lipinski definition) is 0. The summed E-state index contributed by atoms with van der Waals surface area (Å²) in [7, 11) is 0. The van der Waals surface area contributed by atoms with Gasteiger partial charge < -0.3 is 9.80 Å². The molecule has 25 heavy (non-hydrogen) atoms. The van der Waals surface area contributed by atoms with Crippen LogP contribution in [0.15, 0.2) is 12.5 Å². The second-order valence-electron chi connectivity index (χ2n) is 6.75. The summed E-state index contributed by atoms with van der Waals surface area (Å²) < 4.78 is 1.65. The number of carbonyl (C=O) groups excluding carboxylic acids is 1. The van der Waals surface area contributed by atoms with Crippen molar-refractivity contribution >= 4 is 11.7 Å². The lowest BCUT2D eigenvalue weighted by Crippen LogP contribution is -2.73. The number of aryl methyl sites for hydroxylation is 2. The van der Waals surface area contributed by atoms with E-state index >= 15 is 0 Å². The summed E-state index contributed by atoms with van der Waals surface area (Å²) in [6.45, 7) is 7.45. The molecule has 2 aliphatic rings. The number of anilines is 1. The number of hydrogen-bond acceptors (Lipinski definition) is 7. The summed E-state index contributed by atoms with van der Waals surface area (Å²) in [4.78, 5) is 24.6. The maximum atomic E-state index is 12.4. The molecule has 0 bridgehead atoms. The second kappa shape index (κ2) is 5.51. The van der Waals surface area contributed by atoms with Crippen LogP contribution >= 0.6 is 0 Å². The molecular formula is C16H18N8O. The van der Waals surface area contributed by atoms with Crippen molar-refractivity contribution in [3.8, 4) is 6.07 Å². The third kappa shape index (κ3) is 2.41. The average molecular weight is 338 g/mol. The zero-order valence-electron chi connectivity index (χ0n) is 14.2. The molecule has 2 saturated heterocycles. The molecule has 0 radical (unpaired) electrons. The lowest BCUT2D eigenvalue weighted by atomic mass is 9.72. The number of likely N-dealkylation sites (tertiary alicyclic amines) is 1. The largest absolute Gasteiger partial charge is 0.354 e. The number of amides is 1. The van der Waals surface area contributed by atoms with E-state index in [0.717, 1.165) is 13.1 Å². The van der Waals surface area contributed by atoms with Crippen LogP contribution in [0.2, 0.25) is 0 Å². The van der Waals surface area contributed by atoms with Crippen molar-refractivity contribution in [3.63, 3.8) is 0 Å². The van der Waals surface area contributed by atoms with Crippen LogP contribution < -0.4 is 4.90 Å². The lowest BCUT2D eigenvalue weighted by Gasteiger charge is -2.60. The standard InChI is InChI=1S/C16H18N8O/c1-3-24-5-13(20-21-24)15(25)23-8-16(9-23)6-22(7-16)14-12(4-17)11(2)18-10-19-14/h5,10H,3,6-9H2,1-2H3. The van der Waals surface area contributed by atoms with Crippen LogP contribution in [0.1, 0.15) is 28.7 Å². The van der Waals surface area contributed by atoms with Crippen molar-refractivity contribution in [2.75, 3.05) is 31.1 Å². The smallest absolute Gasteiger partial charge is 0.276 e. The van der Waals surface area contributed by atoms with Crippen LogP contribution in [0, 0.1) is 23.7 Å². The molecule has 4 heterocycles. The number of aromatic nitrogens is 5. The summed E-state index contributed by atoms with van der Waals surface area (Å²) in [5.74, 6) is 0.621. The molecule has 0 N–H and O–H groups in total. The Morgan fingerprint density at radius 2 is 2.08 bits per heavy atom. The minimum absolute atomic E-state index is 0.0700. The SMILES string of the molecule is CCn1cc(C(=O)N2CC3(C2)CN(c2ncnc(C)c2C#N)C3)nn1. The van der Waals surface area contributed by atoms with Crippen LogP contribution in [0.5, 0.6) is 0 Å². The molecule has 1 spiro atoms. The molecule has 0 unspecified atom stereocenters. The fourth-order valence-electron chi connectivity index (χ4n) is 3.56.